The Morgan fingerprint density at radius 2 is 2.02 bits per heavy atom. The molecule has 0 radical (unpaired) electrons. The summed E-state index contributed by atoms with van der Waals surface area (Å²) < 4.78 is 20.0. The molecular formula is C29H29BClFN3O4P. The minimum Gasteiger partial charge on any atom is -0.0613 e. The van der Waals surface area contributed by atoms with Crippen LogP contribution in [0.3, 0.4) is 0 Å². The molecule has 3 aliphatic rings. The summed E-state index contributed by atoms with van der Waals surface area (Å²) in [6.07, 6.45) is 3.12. The van der Waals surface area contributed by atoms with Gasteiger partial charge in [0.05, 0.1) is 0 Å². The van der Waals surface area contributed by atoms with Crippen molar-refractivity contribution in [3.8, 4) is 17.0 Å². The second-order valence-electron chi connectivity index (χ2n) is 10.6. The SMILES string of the molecule is CCC(=O)c1ccc(C(=O)NCC(O)(c2cc3c(c(-c4ccc(F)c(Cl)c4)n2)OCP32=BN2)C2CC2)cc1CC. The molecule has 6 rings (SSSR count). The van der Waals surface area contributed by atoms with Crippen molar-refractivity contribution in [2.24, 2.45) is 5.92 Å². The van der Waals surface area contributed by atoms with E-state index in [1.165, 1.54) is 12.1 Å². The van der Waals surface area contributed by atoms with Crippen LogP contribution in [-0.2, 0) is 12.0 Å². The Labute approximate surface area is 237 Å². The van der Waals surface area contributed by atoms with E-state index in [0.717, 1.165) is 23.7 Å². The normalized spacial score (nSPS) is 20.1. The molecule has 2 unspecified atom stereocenters. The number of benzene rings is 2. The summed E-state index contributed by atoms with van der Waals surface area (Å²) in [7, 11) is 0. The summed E-state index contributed by atoms with van der Waals surface area (Å²) in [5.41, 5.74) is 1.98. The number of ether oxygens (including phenoxy) is 1. The van der Waals surface area contributed by atoms with E-state index in [1.807, 2.05) is 26.7 Å². The van der Waals surface area contributed by atoms with Gasteiger partial charge in [-0.15, -0.1) is 0 Å². The number of aliphatic hydroxyl groups is 1. The number of fused-ring (bicyclic) bond motifs is 2. The number of aryl methyl sites for hydroxylation is 1. The number of aromatic nitrogens is 1. The van der Waals surface area contributed by atoms with Crippen molar-refractivity contribution in [3.63, 3.8) is 0 Å². The van der Waals surface area contributed by atoms with Crippen molar-refractivity contribution < 1.29 is 23.8 Å². The molecule has 1 aliphatic carbocycles. The molecule has 0 bridgehead atoms. The fourth-order valence-electron chi connectivity index (χ4n) is 5.35. The Balaban J connectivity index is 1.34. The summed E-state index contributed by atoms with van der Waals surface area (Å²) in [5.74, 6) is -0.292. The predicted octanol–water partition coefficient (Wildman–Crippen LogP) is 4.77. The number of ketones is 1. The number of Topliss-reactive ketones (excluding diaryl/α,β-unsaturated/α-hetero) is 1. The van der Waals surface area contributed by atoms with Gasteiger partial charge < -0.3 is 0 Å². The Morgan fingerprint density at radius 1 is 1.25 bits per heavy atom. The zero-order valence-electron chi connectivity index (χ0n) is 22.3. The summed E-state index contributed by atoms with van der Waals surface area (Å²) >= 11 is 6.10. The van der Waals surface area contributed by atoms with Crippen LogP contribution < -0.4 is 20.4 Å². The number of nitrogens with zero attached hydrogens (tertiary/aromatic N) is 1. The van der Waals surface area contributed by atoms with Crippen molar-refractivity contribution >= 4 is 42.3 Å². The first-order valence-corrected chi connectivity index (χ1v) is 15.9. The standard InChI is InChI=1S/C29H29BClFN3O4P/c1-3-16-11-18(5-9-20(16)23(36)4-2)28(37)33-14-29(38,19-7-8-19)25-13-24-27(39-15-40(24)30-35-40)26(34-25)17-6-10-22(32)21(31)12-17/h5-6,9-13,19,35,38H,3-4,7-8,14-15H2,1-2H3,(H,33,37). The van der Waals surface area contributed by atoms with E-state index in [1.54, 1.807) is 24.3 Å². The molecule has 206 valence electrons. The summed E-state index contributed by atoms with van der Waals surface area (Å²) in [4.78, 5) is 33.7. The average molecular weight is 580 g/mol. The molecule has 2 aromatic carbocycles. The van der Waals surface area contributed by atoms with Crippen LogP contribution in [0.4, 0.5) is 4.39 Å². The van der Waals surface area contributed by atoms with Crippen molar-refractivity contribution in [3.05, 3.63) is 75.7 Å². The number of rotatable bonds is 9. The molecule has 40 heavy (non-hydrogen) atoms. The van der Waals surface area contributed by atoms with E-state index >= 15 is 0 Å². The fourth-order valence-corrected chi connectivity index (χ4v) is 7.87. The molecule has 3 aromatic rings. The van der Waals surface area contributed by atoms with Crippen LogP contribution >= 0.6 is 18.5 Å². The van der Waals surface area contributed by atoms with Crippen molar-refractivity contribution in [1.82, 2.24) is 15.3 Å². The molecule has 2 aliphatic heterocycles. The van der Waals surface area contributed by atoms with Gasteiger partial charge in [-0.25, -0.2) is 0 Å². The van der Waals surface area contributed by atoms with Gasteiger partial charge in [0.25, 0.3) is 0 Å². The van der Waals surface area contributed by atoms with E-state index in [-0.39, 0.29) is 29.2 Å². The zero-order chi connectivity index (χ0) is 28.2. The molecule has 1 amide bonds. The number of halogens is 2. The number of nitrogens with one attached hydrogen (secondary N) is 2. The quantitative estimate of drug-likeness (QED) is 0.191. The minimum atomic E-state index is -1.79. The van der Waals surface area contributed by atoms with Crippen LogP contribution in [0.2, 0.25) is 5.02 Å². The molecule has 11 heteroatoms. The van der Waals surface area contributed by atoms with Crippen LogP contribution in [0.5, 0.6) is 5.75 Å². The van der Waals surface area contributed by atoms with E-state index in [4.69, 9.17) is 21.3 Å². The third kappa shape index (κ3) is 4.73. The van der Waals surface area contributed by atoms with Gasteiger partial charge in [-0.3, -0.25) is 4.79 Å². The number of carbonyl (C=O) groups is 2. The second-order valence-corrected chi connectivity index (χ2v) is 14.0. The van der Waals surface area contributed by atoms with Gasteiger partial charge in [0.15, 0.2) is 5.78 Å². The number of pyridine rings is 1. The van der Waals surface area contributed by atoms with Crippen LogP contribution in [0.25, 0.3) is 11.3 Å². The first-order chi connectivity index (χ1) is 19.2. The maximum absolute atomic E-state index is 14.0. The van der Waals surface area contributed by atoms with Gasteiger partial charge in [-0.05, 0) is 0 Å². The van der Waals surface area contributed by atoms with Gasteiger partial charge >= 0.3 is 207 Å². The first kappa shape index (κ1) is 27.3. The minimum absolute atomic E-state index is 0.0279. The monoisotopic (exact) mass is 579 g/mol. The molecule has 2 atom stereocenters. The number of hydrogen-bond donors (Lipinski definition) is 3. The van der Waals surface area contributed by atoms with E-state index in [2.05, 4.69) is 10.3 Å². The fraction of sp³-hybridized carbons (Fsp3) is 0.345. The maximum atomic E-state index is 14.0. The van der Waals surface area contributed by atoms with Crippen LogP contribution in [0.15, 0.2) is 42.5 Å². The van der Waals surface area contributed by atoms with Gasteiger partial charge in [-0.2, -0.15) is 0 Å². The molecular weight excluding hydrogens is 551 g/mol. The Kier molecular flexibility index (Phi) is 6.98. The number of carbonyl (C=O) groups excluding carboxylic acids is 2. The molecule has 1 saturated carbocycles. The third-order valence-electron chi connectivity index (χ3n) is 8.01. The van der Waals surface area contributed by atoms with Gasteiger partial charge in [0, 0.05) is 6.42 Å². The van der Waals surface area contributed by atoms with Crippen LogP contribution in [-0.4, -0.2) is 41.4 Å². The molecule has 1 spiro atoms. The smallest absolute Gasteiger partial charge is 0.0613 e. The molecule has 7 nitrogen and oxygen atoms in total. The predicted molar refractivity (Wildman–Crippen MR) is 155 cm³/mol. The molecule has 1 aromatic heterocycles. The second kappa shape index (κ2) is 10.2. The Bertz CT molecular complexity index is 1630. The van der Waals surface area contributed by atoms with Gasteiger partial charge in [-0.1, -0.05) is 13.8 Å². The van der Waals surface area contributed by atoms with Gasteiger partial charge in [0.1, 0.15) is 0 Å². The summed E-state index contributed by atoms with van der Waals surface area (Å²) in [5, 5.41) is 15.9. The Hall–Kier alpha value is -2.84. The van der Waals surface area contributed by atoms with Crippen molar-refractivity contribution in [2.75, 3.05) is 12.9 Å². The summed E-state index contributed by atoms with van der Waals surface area (Å²) in [6, 6.07) is 11.4. The first-order valence-electron chi connectivity index (χ1n) is 13.5. The summed E-state index contributed by atoms with van der Waals surface area (Å²) in [6.45, 7) is 3.98. The van der Waals surface area contributed by atoms with Crippen molar-refractivity contribution in [1.29, 1.82) is 0 Å². The van der Waals surface area contributed by atoms with Gasteiger partial charge in [0.2, 0.25) is 0 Å². The topological polar surface area (TPSA) is 110 Å². The van der Waals surface area contributed by atoms with E-state index < -0.39 is 18.3 Å². The molecule has 3 heterocycles. The molecule has 0 saturated heterocycles. The van der Waals surface area contributed by atoms with E-state index in [9.17, 15) is 19.1 Å². The third-order valence-corrected chi connectivity index (χ3v) is 10.9. The van der Waals surface area contributed by atoms with E-state index in [0.29, 0.717) is 53.0 Å². The molecule has 3 N–H and O–H groups in total. The zero-order valence-corrected chi connectivity index (χ0v) is 23.9. The number of amides is 1. The number of hydrogen-bond acceptors (Lipinski definition) is 6. The van der Waals surface area contributed by atoms with Crippen LogP contribution in [0.1, 0.15) is 65.1 Å². The van der Waals surface area contributed by atoms with Crippen molar-refractivity contribution in [2.45, 2.75) is 45.1 Å². The van der Waals surface area contributed by atoms with Crippen LogP contribution in [0, 0.1) is 11.7 Å². The Morgan fingerprint density at radius 3 is 2.67 bits per heavy atom. The average Bonchev–Trinajstić information content (AvgIpc) is 3.90. The molecule has 1 fully saturated rings.